The first-order chi connectivity index (χ1) is 13.1. The lowest BCUT2D eigenvalue weighted by Crippen LogP contribution is -2.04. The van der Waals surface area contributed by atoms with Crippen molar-refractivity contribution in [3.63, 3.8) is 0 Å². The number of thioether (sulfide) groups is 1. The first-order valence-corrected chi connectivity index (χ1v) is 9.87. The van der Waals surface area contributed by atoms with Gasteiger partial charge in [0.25, 0.3) is 6.47 Å². The van der Waals surface area contributed by atoms with Crippen molar-refractivity contribution in [3.05, 3.63) is 53.2 Å². The molecule has 0 N–H and O–H groups in total. The molecule has 2 unspecified atom stereocenters. The highest BCUT2D eigenvalue weighted by atomic mass is 32.2. The van der Waals surface area contributed by atoms with Crippen molar-refractivity contribution in [1.82, 2.24) is 4.98 Å². The molecule has 144 valence electrons. The third kappa shape index (κ3) is 5.19. The van der Waals surface area contributed by atoms with E-state index < -0.39 is 11.6 Å². The van der Waals surface area contributed by atoms with E-state index in [4.69, 9.17) is 9.47 Å². The van der Waals surface area contributed by atoms with Crippen LogP contribution in [0.25, 0.3) is 0 Å². The summed E-state index contributed by atoms with van der Waals surface area (Å²) in [5, 5.41) is 0.812. The Balaban J connectivity index is 1.65. The number of rotatable bonds is 10. The van der Waals surface area contributed by atoms with E-state index in [1.54, 1.807) is 24.0 Å². The van der Waals surface area contributed by atoms with Gasteiger partial charge < -0.3 is 9.47 Å². The second-order valence-electron chi connectivity index (χ2n) is 6.46. The van der Waals surface area contributed by atoms with Gasteiger partial charge in [-0.1, -0.05) is 13.0 Å². The van der Waals surface area contributed by atoms with Crippen LogP contribution in [0, 0.1) is 17.6 Å². The summed E-state index contributed by atoms with van der Waals surface area (Å²) >= 11 is 1.60. The lowest BCUT2D eigenvalue weighted by molar-refractivity contribution is -0.130. The molecular weight excluding hydrogens is 372 g/mol. The summed E-state index contributed by atoms with van der Waals surface area (Å²) in [5.41, 5.74) is 1.32. The van der Waals surface area contributed by atoms with E-state index in [-0.39, 0.29) is 24.4 Å². The second kappa shape index (κ2) is 9.17. The number of benzene rings is 1. The Morgan fingerprint density at radius 2 is 2.11 bits per heavy atom. The van der Waals surface area contributed by atoms with Gasteiger partial charge in [-0.3, -0.25) is 4.79 Å². The van der Waals surface area contributed by atoms with Crippen molar-refractivity contribution in [2.75, 3.05) is 5.75 Å². The molecule has 1 aliphatic carbocycles. The molecule has 2 aromatic rings. The molecule has 0 aliphatic heterocycles. The largest absolute Gasteiger partial charge is 0.483 e. The van der Waals surface area contributed by atoms with E-state index in [0.717, 1.165) is 29.2 Å². The molecule has 1 heterocycles. The van der Waals surface area contributed by atoms with Crippen molar-refractivity contribution in [2.45, 2.75) is 43.9 Å². The Hall–Kier alpha value is -2.15. The monoisotopic (exact) mass is 393 g/mol. The van der Waals surface area contributed by atoms with Crippen LogP contribution in [-0.2, 0) is 22.6 Å². The summed E-state index contributed by atoms with van der Waals surface area (Å²) in [4.78, 5) is 14.6. The lowest BCUT2D eigenvalue weighted by atomic mass is 10.1. The molecule has 1 aromatic heterocycles. The Bertz CT molecular complexity index is 780. The number of nitrogens with zero attached hydrogens (tertiary/aromatic N) is 1. The molecular formula is C20H21F2NO3S. The van der Waals surface area contributed by atoms with Gasteiger partial charge in [0.15, 0.2) is 17.4 Å². The van der Waals surface area contributed by atoms with Gasteiger partial charge in [0.2, 0.25) is 0 Å². The Morgan fingerprint density at radius 3 is 2.81 bits per heavy atom. The number of hydrogen-bond donors (Lipinski definition) is 0. The van der Waals surface area contributed by atoms with Crippen molar-refractivity contribution >= 4 is 18.2 Å². The zero-order valence-electron chi connectivity index (χ0n) is 15.0. The van der Waals surface area contributed by atoms with Crippen LogP contribution in [0.2, 0.25) is 0 Å². The molecule has 3 rings (SSSR count). The van der Waals surface area contributed by atoms with Gasteiger partial charge in [0.05, 0.1) is 0 Å². The average molecular weight is 393 g/mol. The minimum absolute atomic E-state index is 0.0466. The number of pyridine rings is 1. The number of ether oxygens (including phenoxy) is 2. The standard InChI is InChI=1S/C20H21F2NO3S/c1-2-6-27-20-14(4-3-5-23-20)11-25-19-16(21)8-13(9-17(19)22)7-15-10-18(15)26-12-24/h3-5,8-9,12,15,18H,2,6-7,10-11H2,1H3. The van der Waals surface area contributed by atoms with Gasteiger partial charge in [-0.2, -0.15) is 0 Å². The van der Waals surface area contributed by atoms with Crippen LogP contribution >= 0.6 is 11.8 Å². The molecule has 0 saturated heterocycles. The van der Waals surface area contributed by atoms with Crippen LogP contribution in [0.1, 0.15) is 30.9 Å². The van der Waals surface area contributed by atoms with E-state index in [0.29, 0.717) is 18.5 Å². The normalized spacial score (nSPS) is 18.2. The fraction of sp³-hybridized carbons (Fsp3) is 0.400. The minimum Gasteiger partial charge on any atom is -0.483 e. The van der Waals surface area contributed by atoms with E-state index in [1.807, 2.05) is 6.07 Å². The molecule has 1 aromatic carbocycles. The maximum atomic E-state index is 14.4. The lowest BCUT2D eigenvalue weighted by Gasteiger charge is -2.12. The molecule has 7 heteroatoms. The molecule has 1 saturated carbocycles. The van der Waals surface area contributed by atoms with E-state index in [2.05, 4.69) is 11.9 Å². The van der Waals surface area contributed by atoms with Crippen LogP contribution in [0.15, 0.2) is 35.5 Å². The highest BCUT2D eigenvalue weighted by Crippen LogP contribution is 2.37. The van der Waals surface area contributed by atoms with Crippen LogP contribution in [0.5, 0.6) is 5.75 Å². The summed E-state index contributed by atoms with van der Waals surface area (Å²) in [6.07, 6.45) is 3.74. The van der Waals surface area contributed by atoms with E-state index in [1.165, 1.54) is 12.1 Å². The maximum Gasteiger partial charge on any atom is 0.293 e. The highest BCUT2D eigenvalue weighted by molar-refractivity contribution is 7.99. The van der Waals surface area contributed by atoms with Crippen molar-refractivity contribution < 1.29 is 23.0 Å². The van der Waals surface area contributed by atoms with Crippen LogP contribution in [0.4, 0.5) is 8.78 Å². The Labute approximate surface area is 161 Å². The quantitative estimate of drug-likeness (QED) is 0.438. The molecule has 0 radical (unpaired) electrons. The maximum absolute atomic E-state index is 14.4. The molecule has 0 bridgehead atoms. The summed E-state index contributed by atoms with van der Waals surface area (Å²) < 4.78 is 39.0. The van der Waals surface area contributed by atoms with Gasteiger partial charge in [0, 0.05) is 17.7 Å². The Morgan fingerprint density at radius 1 is 1.33 bits per heavy atom. The van der Waals surface area contributed by atoms with Crippen molar-refractivity contribution in [1.29, 1.82) is 0 Å². The van der Waals surface area contributed by atoms with Gasteiger partial charge >= 0.3 is 0 Å². The fourth-order valence-electron chi connectivity index (χ4n) is 2.86. The fourth-order valence-corrected chi connectivity index (χ4v) is 3.70. The minimum atomic E-state index is -0.731. The molecule has 2 atom stereocenters. The third-order valence-electron chi connectivity index (χ3n) is 4.31. The smallest absolute Gasteiger partial charge is 0.293 e. The number of carbonyl (C=O) groups excluding carboxylic acids is 1. The average Bonchev–Trinajstić information content (AvgIpc) is 3.37. The van der Waals surface area contributed by atoms with Crippen molar-refractivity contribution in [3.8, 4) is 5.75 Å². The zero-order chi connectivity index (χ0) is 19.2. The first kappa shape index (κ1) is 19.6. The molecule has 0 amide bonds. The summed E-state index contributed by atoms with van der Waals surface area (Å²) in [6, 6.07) is 6.18. The van der Waals surface area contributed by atoms with E-state index >= 15 is 0 Å². The second-order valence-corrected chi connectivity index (χ2v) is 7.55. The molecule has 1 fully saturated rings. The van der Waals surface area contributed by atoms with E-state index in [9.17, 15) is 13.6 Å². The molecule has 27 heavy (non-hydrogen) atoms. The topological polar surface area (TPSA) is 48.4 Å². The molecule has 1 aliphatic rings. The number of aromatic nitrogens is 1. The number of carbonyl (C=O) groups is 1. The summed E-state index contributed by atoms with van der Waals surface area (Å²) in [6.45, 7) is 2.53. The van der Waals surface area contributed by atoms with Crippen LogP contribution in [0.3, 0.4) is 0 Å². The van der Waals surface area contributed by atoms with Gasteiger partial charge in [-0.05, 0) is 48.8 Å². The van der Waals surface area contributed by atoms with Crippen LogP contribution in [-0.4, -0.2) is 23.3 Å². The predicted molar refractivity (Wildman–Crippen MR) is 98.7 cm³/mol. The molecule has 4 nitrogen and oxygen atoms in total. The summed E-state index contributed by atoms with van der Waals surface area (Å²) in [7, 11) is 0. The number of hydrogen-bond acceptors (Lipinski definition) is 5. The number of halogens is 2. The predicted octanol–water partition coefficient (Wildman–Crippen LogP) is 4.54. The third-order valence-corrected chi connectivity index (χ3v) is 5.56. The Kier molecular flexibility index (Phi) is 6.66. The van der Waals surface area contributed by atoms with Gasteiger partial charge in [-0.25, -0.2) is 13.8 Å². The summed E-state index contributed by atoms with van der Waals surface area (Å²) in [5.74, 6) is -0.813. The van der Waals surface area contributed by atoms with Crippen molar-refractivity contribution in [2.24, 2.45) is 5.92 Å². The van der Waals surface area contributed by atoms with Gasteiger partial charge in [-0.15, -0.1) is 11.8 Å². The zero-order valence-corrected chi connectivity index (χ0v) is 15.8. The van der Waals surface area contributed by atoms with Crippen LogP contribution < -0.4 is 4.74 Å². The van der Waals surface area contributed by atoms with Gasteiger partial charge in [0.1, 0.15) is 17.7 Å². The first-order valence-electron chi connectivity index (χ1n) is 8.88. The molecule has 0 spiro atoms. The highest BCUT2D eigenvalue weighted by Gasteiger charge is 2.39. The SMILES string of the molecule is CCCSc1ncccc1COc1c(F)cc(CC2CC2OC=O)cc1F.